The van der Waals surface area contributed by atoms with E-state index in [4.69, 9.17) is 19.4 Å². The molecule has 320 valence electrons. The minimum atomic E-state index is -0.483. The Morgan fingerprint density at radius 3 is 1.65 bits per heavy atom. The number of hydrogen-bond acceptors (Lipinski definition) is 5. The summed E-state index contributed by atoms with van der Waals surface area (Å²) in [6.07, 6.45) is 0. The van der Waals surface area contributed by atoms with Crippen LogP contribution >= 0.6 is 11.3 Å². The SMILES string of the molecule is c1ccc(-c2cccc(-c3nc(-c4ccc5c(c4)sc4ccccc45)nc(-c4cccc5oc6ccc(-c7cccc8c7C7(c9ccccc9-c9ccccc97)c7ccccc7-8)cc6c45)n3)c2)cc1. The van der Waals surface area contributed by atoms with Gasteiger partial charge in [0.2, 0.25) is 0 Å². The summed E-state index contributed by atoms with van der Waals surface area (Å²) >= 11 is 1.79. The molecule has 2 aliphatic rings. The van der Waals surface area contributed by atoms with Gasteiger partial charge in [-0.1, -0.05) is 188 Å². The van der Waals surface area contributed by atoms with E-state index < -0.39 is 5.41 Å². The highest BCUT2D eigenvalue weighted by molar-refractivity contribution is 7.25. The lowest BCUT2D eigenvalue weighted by Crippen LogP contribution is -2.26. The van der Waals surface area contributed by atoms with Crippen LogP contribution in [0.5, 0.6) is 0 Å². The van der Waals surface area contributed by atoms with Crippen molar-refractivity contribution in [3.05, 3.63) is 247 Å². The van der Waals surface area contributed by atoms with Gasteiger partial charge in [0.25, 0.3) is 0 Å². The molecule has 2 aliphatic carbocycles. The summed E-state index contributed by atoms with van der Waals surface area (Å²) in [4.78, 5) is 16.0. The molecule has 10 aromatic carbocycles. The van der Waals surface area contributed by atoms with Crippen LogP contribution in [-0.2, 0) is 5.41 Å². The predicted octanol–water partition coefficient (Wildman–Crippen LogP) is 16.8. The Hall–Kier alpha value is -8.77. The molecule has 0 aliphatic heterocycles. The lowest BCUT2D eigenvalue weighted by molar-refractivity contribution is 0.669. The fourth-order valence-electron chi connectivity index (χ4n) is 11.7. The monoisotopic (exact) mass is 895 g/mol. The molecule has 0 saturated heterocycles. The van der Waals surface area contributed by atoms with Gasteiger partial charge in [0.05, 0.1) is 5.41 Å². The molecule has 3 aromatic heterocycles. The average Bonchev–Trinajstić information content (AvgIpc) is 4.16. The zero-order valence-corrected chi connectivity index (χ0v) is 37.8. The molecule has 0 fully saturated rings. The number of aromatic nitrogens is 3. The lowest BCUT2D eigenvalue weighted by atomic mass is 9.68. The fraction of sp³-hybridized carbons (Fsp3) is 0.0156. The first-order chi connectivity index (χ1) is 34.2. The van der Waals surface area contributed by atoms with Crippen molar-refractivity contribution in [3.63, 3.8) is 0 Å². The maximum Gasteiger partial charge on any atom is 0.164 e. The molecule has 0 N–H and O–H groups in total. The smallest absolute Gasteiger partial charge is 0.164 e. The highest BCUT2D eigenvalue weighted by atomic mass is 32.1. The van der Waals surface area contributed by atoms with Gasteiger partial charge >= 0.3 is 0 Å². The highest BCUT2D eigenvalue weighted by Crippen LogP contribution is 2.64. The molecule has 4 nitrogen and oxygen atoms in total. The maximum atomic E-state index is 6.74. The molecule has 5 heteroatoms. The van der Waals surface area contributed by atoms with E-state index in [1.807, 2.05) is 12.1 Å². The summed E-state index contributed by atoms with van der Waals surface area (Å²) in [5.41, 5.74) is 18.8. The number of thiophene rings is 1. The second-order valence-electron chi connectivity index (χ2n) is 18.2. The van der Waals surface area contributed by atoms with Crippen LogP contribution in [0.25, 0.3) is 121 Å². The van der Waals surface area contributed by atoms with E-state index in [0.717, 1.165) is 55.3 Å². The van der Waals surface area contributed by atoms with Crippen LogP contribution in [0, 0.1) is 0 Å². The van der Waals surface area contributed by atoms with Gasteiger partial charge in [-0.05, 0) is 103 Å². The summed E-state index contributed by atoms with van der Waals surface area (Å²) in [5.74, 6) is 1.81. The summed E-state index contributed by atoms with van der Waals surface area (Å²) in [5, 5.41) is 4.47. The van der Waals surface area contributed by atoms with Gasteiger partial charge in [0.1, 0.15) is 11.2 Å². The van der Waals surface area contributed by atoms with Crippen LogP contribution in [-0.4, -0.2) is 15.0 Å². The Morgan fingerprint density at radius 2 is 0.870 bits per heavy atom. The molecule has 0 amide bonds. The van der Waals surface area contributed by atoms with E-state index in [9.17, 15) is 0 Å². The van der Waals surface area contributed by atoms with Crippen LogP contribution in [0.3, 0.4) is 0 Å². The van der Waals surface area contributed by atoms with Crippen molar-refractivity contribution in [2.45, 2.75) is 5.41 Å². The summed E-state index contributed by atoms with van der Waals surface area (Å²) in [6.45, 7) is 0. The molecular formula is C64H37N3OS. The molecule has 0 unspecified atom stereocenters. The number of benzene rings is 10. The lowest BCUT2D eigenvalue weighted by Gasteiger charge is -2.32. The number of nitrogens with zero attached hydrogens (tertiary/aromatic N) is 3. The van der Waals surface area contributed by atoms with Crippen molar-refractivity contribution in [1.29, 1.82) is 0 Å². The van der Waals surface area contributed by atoms with Crippen LogP contribution in [0.15, 0.2) is 229 Å². The largest absolute Gasteiger partial charge is 0.456 e. The van der Waals surface area contributed by atoms with Gasteiger partial charge in [0, 0.05) is 47.6 Å². The Morgan fingerprint density at radius 1 is 0.319 bits per heavy atom. The third-order valence-corrected chi connectivity index (χ3v) is 15.7. The van der Waals surface area contributed by atoms with Crippen molar-refractivity contribution < 1.29 is 4.42 Å². The van der Waals surface area contributed by atoms with E-state index >= 15 is 0 Å². The number of furan rings is 1. The first-order valence-electron chi connectivity index (χ1n) is 23.4. The second kappa shape index (κ2) is 14.6. The predicted molar refractivity (Wildman–Crippen MR) is 283 cm³/mol. The van der Waals surface area contributed by atoms with E-state index in [-0.39, 0.29) is 0 Å². The number of fused-ring (bicyclic) bond motifs is 16. The Labute approximate surface area is 401 Å². The third kappa shape index (κ3) is 5.53. The van der Waals surface area contributed by atoms with E-state index in [1.165, 1.54) is 70.2 Å². The van der Waals surface area contributed by atoms with Crippen molar-refractivity contribution in [2.24, 2.45) is 0 Å². The second-order valence-corrected chi connectivity index (χ2v) is 19.3. The Kier molecular flexibility index (Phi) is 8.12. The normalized spacial score (nSPS) is 13.0. The third-order valence-electron chi connectivity index (χ3n) is 14.6. The molecule has 15 rings (SSSR count). The zero-order valence-electron chi connectivity index (χ0n) is 37.0. The maximum absolute atomic E-state index is 6.74. The van der Waals surface area contributed by atoms with Gasteiger partial charge in [-0.25, -0.2) is 15.0 Å². The molecule has 0 radical (unpaired) electrons. The van der Waals surface area contributed by atoms with Crippen molar-refractivity contribution in [1.82, 2.24) is 15.0 Å². The van der Waals surface area contributed by atoms with Crippen LogP contribution in [0.4, 0.5) is 0 Å². The van der Waals surface area contributed by atoms with Gasteiger partial charge in [0.15, 0.2) is 17.5 Å². The van der Waals surface area contributed by atoms with E-state index in [1.54, 1.807) is 11.3 Å². The van der Waals surface area contributed by atoms with Gasteiger partial charge in [-0.3, -0.25) is 0 Å². The highest BCUT2D eigenvalue weighted by Gasteiger charge is 2.52. The van der Waals surface area contributed by atoms with Crippen molar-refractivity contribution in [3.8, 4) is 78.7 Å². The average molecular weight is 896 g/mol. The van der Waals surface area contributed by atoms with Crippen molar-refractivity contribution >= 4 is 53.4 Å². The zero-order chi connectivity index (χ0) is 45.2. The summed E-state index contributed by atoms with van der Waals surface area (Å²) in [6, 6.07) is 80.9. The summed E-state index contributed by atoms with van der Waals surface area (Å²) < 4.78 is 9.19. The molecule has 0 saturated carbocycles. The van der Waals surface area contributed by atoms with E-state index in [2.05, 4.69) is 212 Å². The van der Waals surface area contributed by atoms with Gasteiger partial charge in [-0.2, -0.15) is 0 Å². The molecule has 13 aromatic rings. The van der Waals surface area contributed by atoms with Crippen LogP contribution in [0.1, 0.15) is 22.3 Å². The van der Waals surface area contributed by atoms with Gasteiger partial charge in [-0.15, -0.1) is 11.3 Å². The minimum absolute atomic E-state index is 0.483. The first kappa shape index (κ1) is 38.3. The summed E-state index contributed by atoms with van der Waals surface area (Å²) in [7, 11) is 0. The van der Waals surface area contributed by atoms with Gasteiger partial charge < -0.3 is 4.42 Å². The first-order valence-corrected chi connectivity index (χ1v) is 24.2. The molecule has 69 heavy (non-hydrogen) atoms. The molecule has 0 bridgehead atoms. The quantitative estimate of drug-likeness (QED) is 0.173. The van der Waals surface area contributed by atoms with E-state index in [0.29, 0.717) is 17.5 Å². The topological polar surface area (TPSA) is 51.8 Å². The minimum Gasteiger partial charge on any atom is -0.456 e. The van der Waals surface area contributed by atoms with Crippen LogP contribution in [0.2, 0.25) is 0 Å². The molecule has 0 atom stereocenters. The Balaban J connectivity index is 0.948. The molecule has 1 spiro atoms. The number of hydrogen-bond donors (Lipinski definition) is 0. The van der Waals surface area contributed by atoms with Crippen LogP contribution < -0.4 is 0 Å². The standard InChI is InChI=1S/C64H37N3OS/c1-2-15-38(16-3-1)39-17-12-18-41(35-39)61-65-62(42-31-33-48-47-22-7-11-30-57(47)69-58(48)37-42)67-63(66-61)50-25-14-29-56-59(50)51-36-40(32-34-55(51)68-56)43-23-13-24-49-46-21-6-10-28-54(46)64(60(43)49)52-26-8-4-19-44(52)45-20-5-9-27-53(45)64/h1-37H. The molecule has 3 heterocycles. The fourth-order valence-corrected chi connectivity index (χ4v) is 12.8. The Bertz CT molecular complexity index is 4210. The number of rotatable bonds is 5. The molecular weight excluding hydrogens is 859 g/mol. The van der Waals surface area contributed by atoms with Crippen molar-refractivity contribution in [2.75, 3.05) is 0 Å².